The predicted molar refractivity (Wildman–Crippen MR) is 90.6 cm³/mol. The Balaban J connectivity index is 2.44. The summed E-state index contributed by atoms with van der Waals surface area (Å²) in [7, 11) is 3.12. The lowest BCUT2D eigenvalue weighted by molar-refractivity contribution is 0.368. The highest BCUT2D eigenvalue weighted by Gasteiger charge is 2.12. The fraction of sp³-hybridized carbons (Fsp3) is 0.222. The summed E-state index contributed by atoms with van der Waals surface area (Å²) in [5.41, 5.74) is 3.77. The van der Waals surface area contributed by atoms with Gasteiger partial charge in [-0.25, -0.2) is 9.98 Å². The first-order valence-corrected chi connectivity index (χ1v) is 7.02. The first-order chi connectivity index (χ1) is 10.7. The van der Waals surface area contributed by atoms with Crippen molar-refractivity contribution in [3.05, 3.63) is 59.7 Å². The lowest BCUT2D eigenvalue weighted by Gasteiger charge is -2.09. The molecule has 0 saturated carbocycles. The average Bonchev–Trinajstić information content (AvgIpc) is 2.54. The molecular formula is C18H20N2O2. The van der Waals surface area contributed by atoms with Gasteiger partial charge in [-0.2, -0.15) is 0 Å². The highest BCUT2D eigenvalue weighted by Crippen LogP contribution is 2.20. The van der Waals surface area contributed by atoms with Gasteiger partial charge in [0.2, 0.25) is 0 Å². The summed E-state index contributed by atoms with van der Waals surface area (Å²) < 4.78 is 10.7. The van der Waals surface area contributed by atoms with Crippen molar-refractivity contribution in [1.82, 2.24) is 0 Å². The fourth-order valence-electron chi connectivity index (χ4n) is 1.96. The summed E-state index contributed by atoms with van der Waals surface area (Å²) in [6, 6.07) is 15.7. The van der Waals surface area contributed by atoms with Crippen molar-refractivity contribution in [2.45, 2.75) is 13.8 Å². The van der Waals surface area contributed by atoms with Crippen LogP contribution in [0.5, 0.6) is 0 Å². The van der Waals surface area contributed by atoms with Crippen molar-refractivity contribution < 1.29 is 9.47 Å². The zero-order chi connectivity index (χ0) is 15.9. The van der Waals surface area contributed by atoms with E-state index in [9.17, 15) is 0 Å². The lowest BCUT2D eigenvalue weighted by atomic mass is 10.2. The van der Waals surface area contributed by atoms with Crippen LogP contribution in [0.1, 0.15) is 11.1 Å². The van der Waals surface area contributed by atoms with Crippen LogP contribution in [0.15, 0.2) is 58.5 Å². The van der Waals surface area contributed by atoms with Gasteiger partial charge in [0, 0.05) is 0 Å². The standard InChI is InChI=1S/C18H20N2O2/c1-13-9-5-7-11-15(13)19-17(21-3)18(22-4)20-16-12-8-6-10-14(16)2/h5-12H,1-4H3. The van der Waals surface area contributed by atoms with Crippen LogP contribution in [0.25, 0.3) is 0 Å². The molecule has 0 aromatic heterocycles. The SMILES string of the molecule is COC(=Nc1ccccc1C)C(=Nc1ccccc1C)OC. The number of rotatable bonds is 2. The number of hydrogen-bond acceptors (Lipinski definition) is 4. The summed E-state index contributed by atoms with van der Waals surface area (Å²) in [5.74, 6) is 0.695. The third-order valence-electron chi connectivity index (χ3n) is 3.24. The Morgan fingerprint density at radius 3 is 1.36 bits per heavy atom. The van der Waals surface area contributed by atoms with Gasteiger partial charge in [0.15, 0.2) is 0 Å². The summed E-state index contributed by atoms with van der Waals surface area (Å²) >= 11 is 0. The normalized spacial score (nSPS) is 12.2. The molecule has 114 valence electrons. The second-order valence-corrected chi connectivity index (χ2v) is 4.82. The lowest BCUT2D eigenvalue weighted by Crippen LogP contribution is -2.18. The van der Waals surface area contributed by atoms with Crippen molar-refractivity contribution in [2.75, 3.05) is 14.2 Å². The van der Waals surface area contributed by atoms with Gasteiger partial charge >= 0.3 is 0 Å². The molecular weight excluding hydrogens is 276 g/mol. The van der Waals surface area contributed by atoms with Crippen LogP contribution in [-0.2, 0) is 9.47 Å². The van der Waals surface area contributed by atoms with E-state index in [4.69, 9.17) is 9.47 Å². The highest BCUT2D eigenvalue weighted by molar-refractivity contribution is 6.36. The molecule has 0 aliphatic carbocycles. The number of aryl methyl sites for hydroxylation is 2. The van der Waals surface area contributed by atoms with Gasteiger partial charge in [-0.1, -0.05) is 36.4 Å². The summed E-state index contributed by atoms with van der Waals surface area (Å²) in [5, 5.41) is 0. The predicted octanol–water partition coefficient (Wildman–Crippen LogP) is 4.36. The minimum absolute atomic E-state index is 0.347. The smallest absolute Gasteiger partial charge is 0.278 e. The Morgan fingerprint density at radius 2 is 1.05 bits per heavy atom. The van der Waals surface area contributed by atoms with Gasteiger partial charge in [-0.3, -0.25) is 0 Å². The van der Waals surface area contributed by atoms with E-state index in [1.54, 1.807) is 14.2 Å². The van der Waals surface area contributed by atoms with Gasteiger partial charge in [-0.05, 0) is 37.1 Å². The highest BCUT2D eigenvalue weighted by atomic mass is 16.5. The van der Waals surface area contributed by atoms with Crippen LogP contribution < -0.4 is 0 Å². The average molecular weight is 296 g/mol. The number of methoxy groups -OCH3 is 2. The summed E-state index contributed by atoms with van der Waals surface area (Å²) in [6.07, 6.45) is 0. The minimum atomic E-state index is 0.347. The van der Waals surface area contributed by atoms with Crippen LogP contribution in [0.4, 0.5) is 11.4 Å². The van der Waals surface area contributed by atoms with Crippen LogP contribution in [-0.4, -0.2) is 26.0 Å². The molecule has 0 atom stereocenters. The molecule has 2 rings (SSSR count). The Bertz CT molecular complexity index is 644. The number of ether oxygens (including phenoxy) is 2. The number of aliphatic imine (C=N–C) groups is 2. The van der Waals surface area contributed by atoms with E-state index in [1.807, 2.05) is 62.4 Å². The molecule has 0 N–H and O–H groups in total. The Kier molecular flexibility index (Phi) is 5.31. The molecule has 4 nitrogen and oxygen atoms in total. The largest absolute Gasteiger partial charge is 0.477 e. The summed E-state index contributed by atoms with van der Waals surface area (Å²) in [6.45, 7) is 3.99. The van der Waals surface area contributed by atoms with E-state index in [0.29, 0.717) is 11.8 Å². The fourth-order valence-corrected chi connectivity index (χ4v) is 1.96. The molecule has 0 bridgehead atoms. The molecule has 22 heavy (non-hydrogen) atoms. The van der Waals surface area contributed by atoms with Crippen LogP contribution in [0.2, 0.25) is 0 Å². The second-order valence-electron chi connectivity index (χ2n) is 4.82. The Morgan fingerprint density at radius 1 is 0.682 bits per heavy atom. The van der Waals surface area contributed by atoms with E-state index in [1.165, 1.54) is 0 Å². The molecule has 0 spiro atoms. The zero-order valence-electron chi connectivity index (χ0n) is 13.3. The van der Waals surface area contributed by atoms with Crippen molar-refractivity contribution in [3.8, 4) is 0 Å². The number of benzene rings is 2. The van der Waals surface area contributed by atoms with E-state index >= 15 is 0 Å². The van der Waals surface area contributed by atoms with E-state index in [2.05, 4.69) is 9.98 Å². The third-order valence-corrected chi connectivity index (χ3v) is 3.24. The van der Waals surface area contributed by atoms with E-state index in [0.717, 1.165) is 22.5 Å². The number of para-hydroxylation sites is 2. The van der Waals surface area contributed by atoms with Gasteiger partial charge in [0.1, 0.15) is 0 Å². The van der Waals surface area contributed by atoms with Gasteiger partial charge in [0.05, 0.1) is 25.6 Å². The van der Waals surface area contributed by atoms with Gasteiger partial charge in [0.25, 0.3) is 11.8 Å². The second kappa shape index (κ2) is 7.41. The first kappa shape index (κ1) is 15.8. The molecule has 0 amide bonds. The van der Waals surface area contributed by atoms with Crippen molar-refractivity contribution in [2.24, 2.45) is 9.98 Å². The zero-order valence-corrected chi connectivity index (χ0v) is 13.3. The Hall–Kier alpha value is -2.62. The van der Waals surface area contributed by atoms with Crippen LogP contribution >= 0.6 is 0 Å². The number of hydrogen-bond donors (Lipinski definition) is 0. The number of nitrogens with zero attached hydrogens (tertiary/aromatic N) is 2. The van der Waals surface area contributed by atoms with Crippen LogP contribution in [0, 0.1) is 13.8 Å². The third kappa shape index (κ3) is 3.73. The van der Waals surface area contributed by atoms with Crippen molar-refractivity contribution in [3.63, 3.8) is 0 Å². The van der Waals surface area contributed by atoms with E-state index < -0.39 is 0 Å². The molecule has 4 heteroatoms. The minimum Gasteiger partial charge on any atom is -0.477 e. The molecule has 0 fully saturated rings. The topological polar surface area (TPSA) is 43.2 Å². The monoisotopic (exact) mass is 296 g/mol. The maximum atomic E-state index is 5.37. The molecule has 0 saturated heterocycles. The maximum Gasteiger partial charge on any atom is 0.278 e. The van der Waals surface area contributed by atoms with E-state index in [-0.39, 0.29) is 0 Å². The van der Waals surface area contributed by atoms with Gasteiger partial charge in [-0.15, -0.1) is 0 Å². The van der Waals surface area contributed by atoms with Crippen molar-refractivity contribution >= 4 is 23.2 Å². The first-order valence-electron chi connectivity index (χ1n) is 7.02. The maximum absolute atomic E-state index is 5.37. The molecule has 2 aromatic carbocycles. The van der Waals surface area contributed by atoms with Crippen LogP contribution in [0.3, 0.4) is 0 Å². The molecule has 0 radical (unpaired) electrons. The summed E-state index contributed by atoms with van der Waals surface area (Å²) in [4.78, 5) is 9.02. The molecule has 0 aliphatic rings. The molecule has 0 aliphatic heterocycles. The molecule has 0 heterocycles. The van der Waals surface area contributed by atoms with Crippen molar-refractivity contribution in [1.29, 1.82) is 0 Å². The molecule has 0 unspecified atom stereocenters. The quantitative estimate of drug-likeness (QED) is 0.610. The molecule has 2 aromatic rings. The Labute approximate surface area is 131 Å². The van der Waals surface area contributed by atoms with Gasteiger partial charge < -0.3 is 9.47 Å².